The molecule has 1 aromatic carbocycles. The minimum absolute atomic E-state index is 0.0790. The summed E-state index contributed by atoms with van der Waals surface area (Å²) in [6.45, 7) is 0.416. The van der Waals surface area contributed by atoms with Gasteiger partial charge in [0.15, 0.2) is 0 Å². The highest BCUT2D eigenvalue weighted by atomic mass is 19.1. The Morgan fingerprint density at radius 3 is 2.52 bits per heavy atom. The number of fused-ring (bicyclic) bond motifs is 1. The summed E-state index contributed by atoms with van der Waals surface area (Å²) in [5, 5.41) is 29.8. The number of hydrazone groups is 1. The number of nitrogens with one attached hydrogen (secondary N) is 1. The Kier molecular flexibility index (Phi) is 3.19. The summed E-state index contributed by atoms with van der Waals surface area (Å²) in [6.07, 6.45) is -1.51. The smallest absolute Gasteiger partial charge is 0.417 e. The normalized spacial score (nSPS) is 24.1. The molecule has 1 unspecified atom stereocenters. The summed E-state index contributed by atoms with van der Waals surface area (Å²) in [5.74, 6) is -2.65. The van der Waals surface area contributed by atoms with E-state index in [0.717, 1.165) is 12.1 Å². The molecule has 0 bridgehead atoms. The Hall–Kier alpha value is -1.97. The van der Waals surface area contributed by atoms with Crippen LogP contribution in [-0.4, -0.2) is 45.4 Å². The van der Waals surface area contributed by atoms with Crippen LogP contribution >= 0.6 is 0 Å². The molecule has 2 aliphatic rings. The van der Waals surface area contributed by atoms with E-state index in [1.807, 2.05) is 4.90 Å². The summed E-state index contributed by atoms with van der Waals surface area (Å²) >= 11 is 0. The van der Waals surface area contributed by atoms with Crippen molar-refractivity contribution in [1.82, 2.24) is 10.3 Å². The summed E-state index contributed by atoms with van der Waals surface area (Å²) < 4.78 is 32.4. The minimum atomic E-state index is -3.49. The molecule has 4 N–H and O–H groups in total. The topological polar surface area (TPSA) is 97.5 Å². The van der Waals surface area contributed by atoms with Gasteiger partial charge in [0.25, 0.3) is 0 Å². The fraction of sp³-hybridized carbons (Fsp3) is 0.417. The van der Waals surface area contributed by atoms with Crippen molar-refractivity contribution >= 4 is 6.34 Å². The van der Waals surface area contributed by atoms with Crippen molar-refractivity contribution in [3.63, 3.8) is 0 Å². The van der Waals surface area contributed by atoms with E-state index < -0.39 is 23.5 Å². The first-order valence-corrected chi connectivity index (χ1v) is 6.23. The lowest BCUT2D eigenvalue weighted by molar-refractivity contribution is -0.419. The predicted octanol–water partition coefficient (Wildman–Crippen LogP) is -0.406. The Morgan fingerprint density at radius 1 is 1.29 bits per heavy atom. The lowest BCUT2D eigenvalue weighted by Gasteiger charge is -2.18. The zero-order valence-electron chi connectivity index (χ0n) is 10.7. The van der Waals surface area contributed by atoms with E-state index in [0.29, 0.717) is 13.0 Å². The molecule has 0 aliphatic carbocycles. The Morgan fingerprint density at radius 2 is 1.95 bits per heavy atom. The Labute approximate surface area is 118 Å². The molecule has 7 nitrogen and oxygen atoms in total. The highest BCUT2D eigenvalue weighted by Gasteiger charge is 2.37. The van der Waals surface area contributed by atoms with E-state index >= 15 is 0 Å². The van der Waals surface area contributed by atoms with E-state index in [4.69, 9.17) is 15.3 Å². The van der Waals surface area contributed by atoms with Gasteiger partial charge in [-0.3, -0.25) is 5.43 Å². The molecule has 1 aromatic rings. The van der Waals surface area contributed by atoms with Crippen LogP contribution in [0.15, 0.2) is 17.2 Å². The van der Waals surface area contributed by atoms with Crippen LogP contribution in [-0.2, 0) is 0 Å². The molecule has 9 heteroatoms. The quantitative estimate of drug-likeness (QED) is 0.567. The first-order valence-electron chi connectivity index (χ1n) is 6.23. The van der Waals surface area contributed by atoms with Gasteiger partial charge in [-0.1, -0.05) is 0 Å². The number of benzene rings is 1. The molecule has 0 saturated carbocycles. The molecule has 114 valence electrons. The molecule has 3 rings (SSSR count). The van der Waals surface area contributed by atoms with Crippen molar-refractivity contribution in [3.05, 3.63) is 29.3 Å². The number of nitrogens with zero attached hydrogens (tertiary/aromatic N) is 2. The molecule has 0 spiro atoms. The van der Waals surface area contributed by atoms with Gasteiger partial charge in [-0.05, 0) is 6.42 Å². The minimum Gasteiger partial charge on any atom is -0.417 e. The van der Waals surface area contributed by atoms with E-state index in [1.54, 1.807) is 6.34 Å². The van der Waals surface area contributed by atoms with Gasteiger partial charge in [0.2, 0.25) is 0 Å². The molecule has 2 aliphatic heterocycles. The maximum atomic E-state index is 14.1. The van der Waals surface area contributed by atoms with Crippen molar-refractivity contribution in [2.24, 2.45) is 5.10 Å². The van der Waals surface area contributed by atoms with Crippen LogP contribution in [0.5, 0.6) is 5.75 Å². The first kappa shape index (κ1) is 14.0. The summed E-state index contributed by atoms with van der Waals surface area (Å²) in [4.78, 5) is 1.84. The van der Waals surface area contributed by atoms with Crippen LogP contribution in [0.4, 0.5) is 8.78 Å². The summed E-state index contributed by atoms with van der Waals surface area (Å²) in [7, 11) is 0. The Bertz CT molecular complexity index is 567. The molecule has 0 amide bonds. The number of hydrogen-bond donors (Lipinski definition) is 4. The van der Waals surface area contributed by atoms with Gasteiger partial charge in [-0.25, -0.2) is 8.78 Å². The van der Waals surface area contributed by atoms with Gasteiger partial charge in [-0.15, -0.1) is 0 Å². The zero-order valence-corrected chi connectivity index (χ0v) is 10.7. The van der Waals surface area contributed by atoms with Crippen LogP contribution in [0.3, 0.4) is 0 Å². The second-order valence-corrected chi connectivity index (χ2v) is 5.00. The average molecular weight is 301 g/mol. The number of aliphatic hydroxyl groups is 3. The van der Waals surface area contributed by atoms with E-state index in [1.165, 1.54) is 0 Å². The monoisotopic (exact) mass is 301 g/mol. The van der Waals surface area contributed by atoms with Crippen LogP contribution in [0, 0.1) is 11.6 Å². The largest absolute Gasteiger partial charge is 0.453 e. The maximum Gasteiger partial charge on any atom is 0.453 e. The van der Waals surface area contributed by atoms with Crippen LogP contribution < -0.4 is 10.2 Å². The molecule has 1 saturated heterocycles. The average Bonchev–Trinajstić information content (AvgIpc) is 2.85. The van der Waals surface area contributed by atoms with Crippen LogP contribution in [0.25, 0.3) is 0 Å². The lowest BCUT2D eigenvalue weighted by atomic mass is 9.96. The van der Waals surface area contributed by atoms with Gasteiger partial charge in [-0.2, -0.15) is 5.10 Å². The van der Waals surface area contributed by atoms with Gasteiger partial charge in [0, 0.05) is 30.2 Å². The third kappa shape index (κ3) is 2.75. The maximum absolute atomic E-state index is 14.1. The molecule has 0 radical (unpaired) electrons. The molecule has 0 aromatic heterocycles. The second kappa shape index (κ2) is 4.79. The van der Waals surface area contributed by atoms with E-state index in [9.17, 15) is 8.78 Å². The number of hydrogen-bond acceptors (Lipinski definition) is 7. The second-order valence-electron chi connectivity index (χ2n) is 5.00. The fourth-order valence-corrected chi connectivity index (χ4v) is 2.69. The summed E-state index contributed by atoms with van der Waals surface area (Å²) in [5.41, 5.74) is 2.72. The number of rotatable bonds is 3. The predicted molar refractivity (Wildman–Crippen MR) is 65.9 cm³/mol. The van der Waals surface area contributed by atoms with E-state index in [2.05, 4.69) is 15.3 Å². The van der Waals surface area contributed by atoms with Gasteiger partial charge < -0.3 is 25.0 Å². The van der Waals surface area contributed by atoms with Crippen molar-refractivity contribution in [3.8, 4) is 5.75 Å². The Balaban J connectivity index is 1.85. The van der Waals surface area contributed by atoms with Crippen LogP contribution in [0.1, 0.15) is 17.9 Å². The molecule has 2 atom stereocenters. The first-order chi connectivity index (χ1) is 9.83. The zero-order chi connectivity index (χ0) is 15.2. The highest BCUT2D eigenvalue weighted by Crippen LogP contribution is 2.36. The summed E-state index contributed by atoms with van der Waals surface area (Å²) in [6, 6.07) is 1.58. The molecular weight excluding hydrogens is 288 g/mol. The van der Waals surface area contributed by atoms with Gasteiger partial charge in [0.1, 0.15) is 29.9 Å². The van der Waals surface area contributed by atoms with Crippen molar-refractivity contribution < 1.29 is 28.8 Å². The highest BCUT2D eigenvalue weighted by molar-refractivity contribution is 5.58. The van der Waals surface area contributed by atoms with Gasteiger partial charge >= 0.3 is 6.16 Å². The third-order valence-electron chi connectivity index (χ3n) is 3.48. The van der Waals surface area contributed by atoms with E-state index in [-0.39, 0.29) is 17.6 Å². The molecule has 21 heavy (non-hydrogen) atoms. The number of halogens is 2. The standard InChI is InChI=1S/C12H13F2N3O4/c13-8-2-7(21-12(18,19)20)3-9(14)11(8)6-1-10-16-15-5-17(10)4-6/h2-3,5-6,10,16,18-20H,1,4H2/t6-,10?/m0/s1. The van der Waals surface area contributed by atoms with Crippen molar-refractivity contribution in [2.75, 3.05) is 6.54 Å². The van der Waals surface area contributed by atoms with Crippen molar-refractivity contribution in [2.45, 2.75) is 24.7 Å². The van der Waals surface area contributed by atoms with Crippen molar-refractivity contribution in [1.29, 1.82) is 0 Å². The third-order valence-corrected chi connectivity index (χ3v) is 3.48. The molecule has 1 fully saturated rings. The number of ether oxygens (including phenoxy) is 1. The fourth-order valence-electron chi connectivity index (χ4n) is 2.69. The lowest BCUT2D eigenvalue weighted by Crippen LogP contribution is -2.34. The van der Waals surface area contributed by atoms with Crippen LogP contribution in [0.2, 0.25) is 0 Å². The SMILES string of the molecule is OC(O)(O)Oc1cc(F)c([C@H]2CC3NN=CN3C2)c(F)c1. The molecular formula is C12H13F2N3O4. The molecule has 2 heterocycles. The van der Waals surface area contributed by atoms with Gasteiger partial charge in [0.05, 0.1) is 0 Å².